The van der Waals surface area contributed by atoms with E-state index in [2.05, 4.69) is 31.7 Å². The SMILES string of the molecule is CCN(CC)CCN(C(=O)c1ccc([N+](=O)[O-])cc1)c1nc2cc(C)c(C)cc2s1.Cl. The Labute approximate surface area is 192 Å². The van der Waals surface area contributed by atoms with Crippen LogP contribution in [0.5, 0.6) is 0 Å². The van der Waals surface area contributed by atoms with Crippen LogP contribution in [0.3, 0.4) is 0 Å². The van der Waals surface area contributed by atoms with Gasteiger partial charge in [0.2, 0.25) is 0 Å². The lowest BCUT2D eigenvalue weighted by molar-refractivity contribution is -0.384. The standard InChI is InChI=1S/C22H26N4O3S.ClH/c1-5-24(6-2)11-12-25(21(27)17-7-9-18(10-8-17)26(28)29)22-23-19-13-15(3)16(4)14-20(19)30-22;/h7-10,13-14H,5-6,11-12H2,1-4H3;1H. The summed E-state index contributed by atoms with van der Waals surface area (Å²) < 4.78 is 1.04. The van der Waals surface area contributed by atoms with Crippen LogP contribution in [0.4, 0.5) is 10.8 Å². The van der Waals surface area contributed by atoms with Crippen LogP contribution in [-0.4, -0.2) is 46.9 Å². The van der Waals surface area contributed by atoms with Gasteiger partial charge in [-0.1, -0.05) is 25.2 Å². The van der Waals surface area contributed by atoms with Crippen LogP contribution in [0, 0.1) is 24.0 Å². The van der Waals surface area contributed by atoms with Crippen LogP contribution in [-0.2, 0) is 0 Å². The molecule has 7 nitrogen and oxygen atoms in total. The van der Waals surface area contributed by atoms with Crippen molar-refractivity contribution in [2.24, 2.45) is 0 Å². The number of nitrogens with zero attached hydrogens (tertiary/aromatic N) is 4. The number of halogens is 1. The molecule has 166 valence electrons. The predicted molar refractivity (Wildman–Crippen MR) is 129 cm³/mol. The fourth-order valence-corrected chi connectivity index (χ4v) is 4.30. The Morgan fingerprint density at radius 3 is 2.26 bits per heavy atom. The Morgan fingerprint density at radius 2 is 1.68 bits per heavy atom. The molecule has 3 aromatic rings. The first-order valence-corrected chi connectivity index (χ1v) is 10.8. The van der Waals surface area contributed by atoms with Gasteiger partial charge in [-0.3, -0.25) is 19.8 Å². The summed E-state index contributed by atoms with van der Waals surface area (Å²) >= 11 is 1.49. The molecule has 0 unspecified atom stereocenters. The average Bonchev–Trinajstić information content (AvgIpc) is 3.13. The van der Waals surface area contributed by atoms with Crippen molar-refractivity contribution in [3.8, 4) is 0 Å². The van der Waals surface area contributed by atoms with Gasteiger partial charge in [-0.25, -0.2) is 4.98 Å². The Bertz CT molecular complexity index is 1030. The molecule has 0 aliphatic carbocycles. The summed E-state index contributed by atoms with van der Waals surface area (Å²) in [4.78, 5) is 32.5. The number of hydrogen-bond donors (Lipinski definition) is 0. The molecule has 9 heteroatoms. The molecule has 0 fully saturated rings. The van der Waals surface area contributed by atoms with E-state index in [0.717, 1.165) is 35.4 Å². The van der Waals surface area contributed by atoms with E-state index in [1.807, 2.05) is 13.0 Å². The second-order valence-electron chi connectivity index (χ2n) is 7.19. The molecule has 0 aliphatic rings. The molecule has 0 spiro atoms. The molecule has 0 bridgehead atoms. The lowest BCUT2D eigenvalue weighted by Crippen LogP contribution is -2.38. The van der Waals surface area contributed by atoms with Crippen molar-refractivity contribution in [3.05, 3.63) is 63.2 Å². The molecule has 1 heterocycles. The lowest BCUT2D eigenvalue weighted by atomic mass is 10.1. The van der Waals surface area contributed by atoms with Crippen molar-refractivity contribution >= 4 is 50.7 Å². The summed E-state index contributed by atoms with van der Waals surface area (Å²) in [5.74, 6) is -0.204. The molecular formula is C22H27ClN4O3S. The van der Waals surface area contributed by atoms with Crippen LogP contribution in [0.15, 0.2) is 36.4 Å². The third-order valence-electron chi connectivity index (χ3n) is 5.33. The zero-order chi connectivity index (χ0) is 21.8. The molecule has 1 amide bonds. The van der Waals surface area contributed by atoms with Crippen LogP contribution in [0.25, 0.3) is 10.2 Å². The van der Waals surface area contributed by atoms with E-state index < -0.39 is 4.92 Å². The number of amides is 1. The van der Waals surface area contributed by atoms with E-state index in [0.29, 0.717) is 17.2 Å². The molecule has 0 saturated heterocycles. The van der Waals surface area contributed by atoms with Gasteiger partial charge in [0.1, 0.15) is 0 Å². The normalized spacial score (nSPS) is 10.9. The summed E-state index contributed by atoms with van der Waals surface area (Å²) in [5, 5.41) is 11.6. The number of hydrogen-bond acceptors (Lipinski definition) is 6. The molecule has 0 atom stereocenters. The van der Waals surface area contributed by atoms with Crippen molar-refractivity contribution in [2.75, 3.05) is 31.1 Å². The van der Waals surface area contributed by atoms with Gasteiger partial charge >= 0.3 is 0 Å². The summed E-state index contributed by atoms with van der Waals surface area (Å²) in [7, 11) is 0. The fraction of sp³-hybridized carbons (Fsp3) is 0.364. The number of non-ortho nitro benzene ring substituents is 1. The van der Waals surface area contributed by atoms with Gasteiger partial charge in [0, 0.05) is 30.8 Å². The zero-order valence-electron chi connectivity index (χ0n) is 18.1. The lowest BCUT2D eigenvalue weighted by Gasteiger charge is -2.24. The monoisotopic (exact) mass is 462 g/mol. The van der Waals surface area contributed by atoms with Crippen LogP contribution < -0.4 is 4.90 Å². The first-order valence-electron chi connectivity index (χ1n) is 10.0. The Kier molecular flexibility index (Phi) is 8.50. The third kappa shape index (κ3) is 5.58. The Hall–Kier alpha value is -2.55. The van der Waals surface area contributed by atoms with Gasteiger partial charge in [-0.2, -0.15) is 0 Å². The smallest absolute Gasteiger partial charge is 0.269 e. The van der Waals surface area contributed by atoms with Crippen molar-refractivity contribution in [2.45, 2.75) is 27.7 Å². The maximum absolute atomic E-state index is 13.3. The summed E-state index contributed by atoms with van der Waals surface area (Å²) in [6.07, 6.45) is 0. The van der Waals surface area contributed by atoms with Crippen LogP contribution in [0.2, 0.25) is 0 Å². The maximum Gasteiger partial charge on any atom is 0.269 e. The molecule has 0 N–H and O–H groups in total. The number of rotatable bonds is 8. The molecular weight excluding hydrogens is 436 g/mol. The second-order valence-corrected chi connectivity index (χ2v) is 8.20. The van der Waals surface area contributed by atoms with Gasteiger partial charge in [0.15, 0.2) is 5.13 Å². The van der Waals surface area contributed by atoms with E-state index in [-0.39, 0.29) is 24.0 Å². The number of thiazole rings is 1. The van der Waals surface area contributed by atoms with Gasteiger partial charge in [0.05, 0.1) is 15.1 Å². The van der Waals surface area contributed by atoms with Gasteiger partial charge < -0.3 is 4.90 Å². The third-order valence-corrected chi connectivity index (χ3v) is 6.37. The second kappa shape index (κ2) is 10.7. The topological polar surface area (TPSA) is 79.6 Å². The number of aromatic nitrogens is 1. The molecule has 0 aliphatic heterocycles. The zero-order valence-corrected chi connectivity index (χ0v) is 19.8. The van der Waals surface area contributed by atoms with E-state index >= 15 is 0 Å². The largest absolute Gasteiger partial charge is 0.302 e. The van der Waals surface area contributed by atoms with Crippen LogP contribution >= 0.6 is 23.7 Å². The number of nitro groups is 1. The first-order chi connectivity index (χ1) is 14.3. The van der Waals surface area contributed by atoms with Crippen molar-refractivity contribution < 1.29 is 9.72 Å². The highest BCUT2D eigenvalue weighted by Gasteiger charge is 2.22. The average molecular weight is 463 g/mol. The van der Waals surface area contributed by atoms with Gasteiger partial charge in [0.25, 0.3) is 11.6 Å². The van der Waals surface area contributed by atoms with Gasteiger partial charge in [-0.05, 0) is 62.3 Å². The summed E-state index contributed by atoms with van der Waals surface area (Å²) in [6.45, 7) is 11.3. The van der Waals surface area contributed by atoms with E-state index in [4.69, 9.17) is 4.98 Å². The predicted octanol–water partition coefficient (Wildman–Crippen LogP) is 5.23. The minimum Gasteiger partial charge on any atom is -0.302 e. The van der Waals surface area contributed by atoms with Crippen molar-refractivity contribution in [1.29, 1.82) is 0 Å². The van der Waals surface area contributed by atoms with E-state index in [1.54, 1.807) is 4.90 Å². The number of nitro benzene ring substituents is 1. The highest BCUT2D eigenvalue weighted by Crippen LogP contribution is 2.31. The molecule has 2 aromatic carbocycles. The quantitative estimate of drug-likeness (QED) is 0.338. The highest BCUT2D eigenvalue weighted by molar-refractivity contribution is 7.22. The van der Waals surface area contributed by atoms with Crippen molar-refractivity contribution in [3.63, 3.8) is 0 Å². The molecule has 1 aromatic heterocycles. The number of aryl methyl sites for hydroxylation is 2. The fourth-order valence-electron chi connectivity index (χ4n) is 3.23. The Balaban J connectivity index is 0.00000341. The Morgan fingerprint density at radius 1 is 1.06 bits per heavy atom. The number of carbonyl (C=O) groups excluding carboxylic acids is 1. The highest BCUT2D eigenvalue weighted by atomic mass is 35.5. The molecule has 0 radical (unpaired) electrons. The summed E-state index contributed by atoms with van der Waals surface area (Å²) in [5.41, 5.74) is 3.60. The summed E-state index contributed by atoms with van der Waals surface area (Å²) in [6, 6.07) is 9.88. The first kappa shape index (κ1) is 24.7. The number of benzene rings is 2. The molecule has 3 rings (SSSR count). The number of fused-ring (bicyclic) bond motifs is 1. The van der Waals surface area contributed by atoms with E-state index in [1.165, 1.54) is 41.2 Å². The number of anilines is 1. The molecule has 31 heavy (non-hydrogen) atoms. The van der Waals surface area contributed by atoms with Crippen molar-refractivity contribution in [1.82, 2.24) is 9.88 Å². The maximum atomic E-state index is 13.3. The van der Waals surface area contributed by atoms with Crippen LogP contribution in [0.1, 0.15) is 35.3 Å². The minimum atomic E-state index is -0.468. The minimum absolute atomic E-state index is 0. The number of likely N-dealkylation sites (N-methyl/N-ethyl adjacent to an activating group) is 1. The van der Waals surface area contributed by atoms with Gasteiger partial charge in [-0.15, -0.1) is 12.4 Å². The molecule has 0 saturated carbocycles. The number of carbonyl (C=O) groups is 1. The van der Waals surface area contributed by atoms with E-state index in [9.17, 15) is 14.9 Å².